The van der Waals surface area contributed by atoms with Gasteiger partial charge >= 0.3 is 0 Å². The van der Waals surface area contributed by atoms with Gasteiger partial charge in [0.25, 0.3) is 0 Å². The van der Waals surface area contributed by atoms with Crippen LogP contribution in [0.4, 0.5) is 0 Å². The Hall–Kier alpha value is -14.2. The largest absolute Gasteiger partial charge is 0.508 e. The molecule has 5 heterocycles. The number of Topliss-reactive ketones (excluding diaryl/α,β-unsaturated/α-hetero) is 2. The number of carbonyl (C=O) groups is 2. The number of aliphatic hydroxyl groups excluding tert-OH is 3. The van der Waals surface area contributed by atoms with Crippen molar-refractivity contribution in [1.29, 1.82) is 0 Å². The Kier molecular flexibility index (Phi) is 21.0. The van der Waals surface area contributed by atoms with Gasteiger partial charge in [-0.3, -0.25) is 19.2 Å². The fraction of sp³-hybridized carbons (Fsp3) is 0.150. The van der Waals surface area contributed by atoms with E-state index in [2.05, 4.69) is 0 Å². The van der Waals surface area contributed by atoms with Crippen molar-refractivity contribution in [3.05, 3.63) is 233 Å². The zero-order valence-corrected chi connectivity index (χ0v) is 57.7. The van der Waals surface area contributed by atoms with Crippen molar-refractivity contribution in [3.8, 4) is 138 Å². The van der Waals surface area contributed by atoms with Crippen LogP contribution in [-0.2, 0) is 6.42 Å². The molecule has 6 atom stereocenters. The van der Waals surface area contributed by atoms with E-state index in [0.29, 0.717) is 44.7 Å². The van der Waals surface area contributed by atoms with Crippen molar-refractivity contribution in [2.75, 3.05) is 0 Å². The summed E-state index contributed by atoms with van der Waals surface area (Å²) in [5.74, 6) is -6.42. The minimum atomic E-state index is -1.52. The highest BCUT2D eigenvalue weighted by Crippen LogP contribution is 2.47. The number of fused-ring (bicyclic) bond motifs is 5. The van der Waals surface area contributed by atoms with Crippen molar-refractivity contribution in [2.45, 2.75) is 77.7 Å². The van der Waals surface area contributed by atoms with E-state index in [4.69, 9.17) is 23.0 Å². The number of phenolic OH excluding ortho intramolecular Hbond substituents is 15. The second kappa shape index (κ2) is 30.1. The Balaban J connectivity index is 0.000000135. The molecule has 0 saturated carbocycles. The Bertz CT molecular complexity index is 5720. The summed E-state index contributed by atoms with van der Waals surface area (Å²) in [4.78, 5) is 48.9. The molecule has 3 aliphatic rings. The summed E-state index contributed by atoms with van der Waals surface area (Å²) in [7, 11) is 0. The number of rotatable bonds is 5. The molecular weight excluding hydrogens is 1420 g/mol. The van der Waals surface area contributed by atoms with Crippen molar-refractivity contribution in [3.63, 3.8) is 0 Å². The quantitative estimate of drug-likeness (QED) is 0.0761. The third-order valence-electron chi connectivity index (χ3n) is 17.9. The van der Waals surface area contributed by atoms with Crippen LogP contribution >= 0.6 is 0 Å². The Morgan fingerprint density at radius 1 is 0.330 bits per heavy atom. The van der Waals surface area contributed by atoms with Crippen molar-refractivity contribution < 1.29 is 135 Å². The monoisotopic (exact) mass is 1490 g/mol. The lowest BCUT2D eigenvalue weighted by Gasteiger charge is -2.31. The van der Waals surface area contributed by atoms with Crippen LogP contribution in [0.3, 0.4) is 0 Å². The highest BCUT2D eigenvalue weighted by atomic mass is 16.5. The summed E-state index contributed by atoms with van der Waals surface area (Å²) in [6.45, 7) is 8.61. The molecule has 12 aromatic rings. The van der Waals surface area contributed by atoms with E-state index in [9.17, 15) is 121 Å². The fourth-order valence-electron chi connectivity index (χ4n) is 11.9. The number of aliphatic hydroxyl groups is 3. The van der Waals surface area contributed by atoms with Crippen LogP contribution in [0.15, 0.2) is 170 Å². The van der Waals surface area contributed by atoms with Gasteiger partial charge in [0.1, 0.15) is 143 Å². The van der Waals surface area contributed by atoms with Crippen LogP contribution in [0, 0.1) is 34.6 Å². The Morgan fingerprint density at radius 2 is 0.688 bits per heavy atom. The molecule has 109 heavy (non-hydrogen) atoms. The van der Waals surface area contributed by atoms with E-state index in [-0.39, 0.29) is 137 Å². The van der Waals surface area contributed by atoms with Gasteiger partial charge in [-0.25, -0.2) is 0 Å². The predicted octanol–water partition coefficient (Wildman–Crippen LogP) is 10.9. The fourth-order valence-corrected chi connectivity index (χ4v) is 11.9. The number of carbonyl (C=O) groups excluding carboxylic acids is 2. The zero-order chi connectivity index (χ0) is 79.2. The van der Waals surface area contributed by atoms with E-state index >= 15 is 0 Å². The lowest BCUT2D eigenvalue weighted by atomic mass is 9.92. The first kappa shape index (κ1) is 76.0. The first-order valence-electron chi connectivity index (χ1n) is 32.7. The number of benzene rings is 10. The minimum Gasteiger partial charge on any atom is -0.508 e. The van der Waals surface area contributed by atoms with Crippen LogP contribution in [0.1, 0.15) is 89.1 Å². The van der Waals surface area contributed by atoms with Crippen LogP contribution in [0.25, 0.3) is 44.6 Å². The molecule has 0 saturated heterocycles. The average molecular weight is 1490 g/mol. The maximum absolute atomic E-state index is 12.3. The smallest absolute Gasteiger partial charge is 0.238 e. The van der Waals surface area contributed by atoms with E-state index < -0.39 is 93.5 Å². The molecule has 0 amide bonds. The first-order chi connectivity index (χ1) is 51.5. The average Bonchev–Trinajstić information content (AvgIpc) is 0.786. The summed E-state index contributed by atoms with van der Waals surface area (Å²) in [5, 5.41) is 195. The summed E-state index contributed by atoms with van der Waals surface area (Å²) in [5.41, 5.74) is 3.57. The highest BCUT2D eigenvalue weighted by Gasteiger charge is 2.41. The van der Waals surface area contributed by atoms with Crippen LogP contribution in [0.5, 0.6) is 115 Å². The standard InChI is InChI=1S/C16H12O7.C16H14O6.C16H12O6.C16H14O5.C16H16O5/c1-6-9(18)2-7(3-10(6)19)16-15(22)14(21)13-11(20)4-8(17)5-12(13)23-16;2*1-7-2-3-8(4-10(7)18)16-15(21)14(20)13-11(19)5-9(17)6-12(13)22-16;1-8-2-4-9(5-3-8)16-15(20)14(19)13-11(18)6-10(17)7-12(13)21-16;1-8-2-3-9(4-12(8)18)16-14(20)7-11-13(19)5-10(17)6-15(11)21-16/h2-5,17-20,22H,1H3;2-6,15-19,21H,1H3;2-6,17-19,21H,1H3;2-7,15-18,20H,1H3;2-6,14,16-20H,7H2,1H3. The van der Waals surface area contributed by atoms with Gasteiger partial charge in [-0.1, -0.05) is 66.2 Å². The van der Waals surface area contributed by atoms with Crippen LogP contribution in [-0.4, -0.2) is 132 Å². The van der Waals surface area contributed by atoms with Gasteiger partial charge in [-0.15, -0.1) is 0 Å². The normalized spacial score (nSPS) is 16.6. The molecular formula is C80H68O29. The number of ether oxygens (including phenoxy) is 3. The summed E-state index contributed by atoms with van der Waals surface area (Å²) in [6.07, 6.45) is -6.14. The molecule has 15 rings (SSSR count). The van der Waals surface area contributed by atoms with Gasteiger partial charge in [-0.05, 0) is 98.3 Å². The molecule has 10 aromatic carbocycles. The maximum atomic E-state index is 12.3. The molecule has 29 heteroatoms. The second-order valence-electron chi connectivity index (χ2n) is 25.7. The van der Waals surface area contributed by atoms with Crippen molar-refractivity contribution >= 4 is 33.5 Å². The number of aromatic hydroxyl groups is 17. The van der Waals surface area contributed by atoms with Gasteiger partial charge in [-0.2, -0.15) is 0 Å². The molecule has 20 N–H and O–H groups in total. The molecule has 29 nitrogen and oxygen atoms in total. The number of ketones is 2. The molecule has 6 unspecified atom stereocenters. The zero-order valence-electron chi connectivity index (χ0n) is 57.7. The molecule has 3 aliphatic heterocycles. The SMILES string of the molecule is Cc1c(O)cc(-c2oc3cc(O)cc(O)c3c(=O)c2O)cc1O.Cc1ccc(-c2oc3cc(O)cc(O)c3c(=O)c2O)cc1O.Cc1ccc(C2Oc3cc(O)cc(O)c3C(=O)C2O)cc1.Cc1ccc(C2Oc3cc(O)cc(O)c3C(=O)C2O)cc1O.Cc1ccc(C2Oc3cc(O)cc(O)c3CC2O)cc1O. The van der Waals surface area contributed by atoms with Gasteiger partial charge in [0.2, 0.25) is 33.9 Å². The molecule has 0 aliphatic carbocycles. The summed E-state index contributed by atoms with van der Waals surface area (Å²) >= 11 is 0. The number of hydrogen-bond acceptors (Lipinski definition) is 29. The molecule has 0 radical (unpaired) electrons. The molecule has 2 aromatic heterocycles. The maximum Gasteiger partial charge on any atom is 0.238 e. The summed E-state index contributed by atoms with van der Waals surface area (Å²) < 4.78 is 27.7. The lowest BCUT2D eigenvalue weighted by Crippen LogP contribution is -2.36. The van der Waals surface area contributed by atoms with Crippen molar-refractivity contribution in [2.24, 2.45) is 0 Å². The van der Waals surface area contributed by atoms with Crippen LogP contribution < -0.4 is 25.1 Å². The molecule has 562 valence electrons. The first-order valence-corrected chi connectivity index (χ1v) is 32.7. The van der Waals surface area contributed by atoms with Gasteiger partial charge in [0.05, 0.1) is 6.10 Å². The lowest BCUT2D eigenvalue weighted by molar-refractivity contribution is 0.0197. The van der Waals surface area contributed by atoms with Gasteiger partial charge < -0.3 is 125 Å². The highest BCUT2D eigenvalue weighted by molar-refractivity contribution is 6.06. The van der Waals surface area contributed by atoms with E-state index in [1.807, 2.05) is 19.1 Å². The van der Waals surface area contributed by atoms with E-state index in [0.717, 1.165) is 47.5 Å². The van der Waals surface area contributed by atoms with E-state index in [1.165, 1.54) is 55.5 Å². The Labute approximate surface area is 614 Å². The Morgan fingerprint density at radius 3 is 1.14 bits per heavy atom. The minimum absolute atomic E-state index is 0.0154. The third-order valence-corrected chi connectivity index (χ3v) is 17.9. The number of aryl methyl sites for hydroxylation is 4. The number of hydrogen-bond donors (Lipinski definition) is 20. The van der Waals surface area contributed by atoms with Crippen LogP contribution in [0.2, 0.25) is 0 Å². The third kappa shape index (κ3) is 15.4. The van der Waals surface area contributed by atoms with Gasteiger partial charge in [0.15, 0.2) is 35.9 Å². The van der Waals surface area contributed by atoms with Crippen molar-refractivity contribution in [1.82, 2.24) is 0 Å². The molecule has 0 fully saturated rings. The molecule has 0 bridgehead atoms. The predicted molar refractivity (Wildman–Crippen MR) is 387 cm³/mol. The topological polar surface area (TPSA) is 527 Å². The van der Waals surface area contributed by atoms with Gasteiger partial charge in [0, 0.05) is 89.3 Å². The summed E-state index contributed by atoms with van der Waals surface area (Å²) in [6, 6.07) is 35.2. The number of phenols is 15. The molecule has 0 spiro atoms. The second-order valence-corrected chi connectivity index (χ2v) is 25.7. The van der Waals surface area contributed by atoms with E-state index in [1.54, 1.807) is 75.4 Å².